The number of methoxy groups -OCH3 is 2. The zero-order valence-electron chi connectivity index (χ0n) is 15.0. The van der Waals surface area contributed by atoms with Gasteiger partial charge in [-0.3, -0.25) is 14.9 Å². The summed E-state index contributed by atoms with van der Waals surface area (Å²) in [6.07, 6.45) is 0.748. The maximum absolute atomic E-state index is 12.9. The number of benzene rings is 1. The van der Waals surface area contributed by atoms with Crippen LogP contribution in [0.1, 0.15) is 35.1 Å². The van der Waals surface area contributed by atoms with E-state index in [9.17, 15) is 14.9 Å². The van der Waals surface area contributed by atoms with E-state index in [1.165, 1.54) is 32.4 Å². The quantitative estimate of drug-likeness (QED) is 0.275. The van der Waals surface area contributed by atoms with Crippen LogP contribution in [-0.2, 0) is 11.3 Å². The predicted molar refractivity (Wildman–Crippen MR) is 96.6 cm³/mol. The first-order chi connectivity index (χ1) is 12.9. The molecule has 0 aliphatic rings. The molecule has 2 aromatic rings. The molecule has 1 aromatic carbocycles. The fourth-order valence-electron chi connectivity index (χ4n) is 2.32. The van der Waals surface area contributed by atoms with Crippen molar-refractivity contribution in [3.05, 3.63) is 50.3 Å². The molecule has 0 N–H and O–H groups in total. The Morgan fingerprint density at radius 3 is 2.33 bits per heavy atom. The number of nitro groups is 1. The molecular weight excluding hydrogens is 378 g/mol. The summed E-state index contributed by atoms with van der Waals surface area (Å²) < 4.78 is 15.4. The van der Waals surface area contributed by atoms with E-state index in [2.05, 4.69) is 9.97 Å². The molecule has 0 bridgehead atoms. The summed E-state index contributed by atoms with van der Waals surface area (Å²) in [5.74, 6) is -0.919. The molecule has 0 saturated carbocycles. The third kappa shape index (κ3) is 4.89. The molecule has 0 aliphatic heterocycles. The van der Waals surface area contributed by atoms with Crippen LogP contribution >= 0.6 is 11.6 Å². The normalized spacial score (nSPS) is 10.5. The molecule has 9 nitrogen and oxygen atoms in total. The van der Waals surface area contributed by atoms with Crippen LogP contribution in [0.2, 0.25) is 5.02 Å². The van der Waals surface area contributed by atoms with Gasteiger partial charge in [0.15, 0.2) is 0 Å². The fraction of sp³-hybridized carbons (Fsp3) is 0.353. The molecule has 0 atom stereocenters. The average Bonchev–Trinajstić information content (AvgIpc) is 2.66. The molecule has 0 saturated heterocycles. The molecular formula is C17H18ClN3O6. The predicted octanol–water partition coefficient (Wildman–Crippen LogP) is 3.21. The van der Waals surface area contributed by atoms with Crippen LogP contribution in [0.25, 0.3) is 0 Å². The van der Waals surface area contributed by atoms with E-state index in [1.54, 1.807) is 0 Å². The SMILES string of the molecule is CCCOCc1cc(Cl)cc(C(=O)c2nc(OC)cc(OC)n2)c1[N+](=O)[O-]. The lowest BCUT2D eigenvalue weighted by Gasteiger charge is -2.10. The van der Waals surface area contributed by atoms with Crippen LogP contribution in [0.3, 0.4) is 0 Å². The molecule has 0 amide bonds. The van der Waals surface area contributed by atoms with E-state index in [-0.39, 0.29) is 40.3 Å². The number of carbonyl (C=O) groups is 1. The summed E-state index contributed by atoms with van der Waals surface area (Å²) in [5, 5.41) is 11.8. The van der Waals surface area contributed by atoms with Crippen molar-refractivity contribution < 1.29 is 23.9 Å². The third-order valence-electron chi connectivity index (χ3n) is 3.49. The van der Waals surface area contributed by atoms with Gasteiger partial charge in [0.05, 0.1) is 37.4 Å². The number of hydrogen-bond acceptors (Lipinski definition) is 8. The Balaban J connectivity index is 2.56. The maximum Gasteiger partial charge on any atom is 0.286 e. The largest absolute Gasteiger partial charge is 0.481 e. The molecule has 0 spiro atoms. The van der Waals surface area contributed by atoms with E-state index in [4.69, 9.17) is 25.8 Å². The smallest absolute Gasteiger partial charge is 0.286 e. The summed E-state index contributed by atoms with van der Waals surface area (Å²) in [5.41, 5.74) is -0.442. The van der Waals surface area contributed by atoms with Gasteiger partial charge in [0.2, 0.25) is 23.4 Å². The van der Waals surface area contributed by atoms with Gasteiger partial charge in [-0.2, -0.15) is 9.97 Å². The van der Waals surface area contributed by atoms with Gasteiger partial charge in [-0.1, -0.05) is 18.5 Å². The van der Waals surface area contributed by atoms with Crippen LogP contribution < -0.4 is 9.47 Å². The van der Waals surface area contributed by atoms with Crippen LogP contribution in [0.4, 0.5) is 5.69 Å². The van der Waals surface area contributed by atoms with Crippen molar-refractivity contribution in [2.24, 2.45) is 0 Å². The van der Waals surface area contributed by atoms with E-state index in [0.29, 0.717) is 6.61 Å². The van der Waals surface area contributed by atoms with Gasteiger partial charge in [0.1, 0.15) is 5.56 Å². The Bertz CT molecular complexity index is 837. The zero-order valence-corrected chi connectivity index (χ0v) is 15.8. The Kier molecular flexibility index (Phi) is 7.03. The number of ketones is 1. The number of hydrogen-bond donors (Lipinski definition) is 0. The first-order valence-electron chi connectivity index (χ1n) is 7.97. The minimum atomic E-state index is -0.779. The molecule has 0 unspecified atom stereocenters. The number of carbonyl (C=O) groups excluding carboxylic acids is 1. The lowest BCUT2D eigenvalue weighted by atomic mass is 10.0. The lowest BCUT2D eigenvalue weighted by Crippen LogP contribution is -2.13. The van der Waals surface area contributed by atoms with E-state index < -0.39 is 16.4 Å². The second-order valence-corrected chi connectivity index (χ2v) is 5.81. The summed E-state index contributed by atoms with van der Waals surface area (Å²) in [7, 11) is 2.72. The number of rotatable bonds is 9. The Hall–Kier alpha value is -2.78. The molecule has 1 aromatic heterocycles. The van der Waals surface area contributed by atoms with Crippen molar-refractivity contribution in [2.75, 3.05) is 20.8 Å². The lowest BCUT2D eigenvalue weighted by molar-refractivity contribution is -0.386. The third-order valence-corrected chi connectivity index (χ3v) is 3.71. The molecule has 2 rings (SSSR count). The van der Waals surface area contributed by atoms with Gasteiger partial charge in [-0.25, -0.2) is 0 Å². The molecule has 10 heteroatoms. The minimum Gasteiger partial charge on any atom is -0.481 e. The first kappa shape index (κ1) is 20.5. The highest BCUT2D eigenvalue weighted by Crippen LogP contribution is 2.31. The van der Waals surface area contributed by atoms with Crippen LogP contribution in [0, 0.1) is 10.1 Å². The van der Waals surface area contributed by atoms with Crippen LogP contribution in [-0.4, -0.2) is 41.5 Å². The summed E-state index contributed by atoms with van der Waals surface area (Å²) in [6.45, 7) is 2.28. The standard InChI is InChI=1S/C17H18ClN3O6/c1-4-5-27-9-10-6-11(18)7-12(15(10)21(23)24)16(22)17-19-13(25-2)8-14(20-17)26-3/h6-8H,4-5,9H2,1-3H3. The monoisotopic (exact) mass is 395 g/mol. The van der Waals surface area contributed by atoms with E-state index >= 15 is 0 Å². The number of halogens is 1. The topological polar surface area (TPSA) is 114 Å². The zero-order chi connectivity index (χ0) is 20.0. The van der Waals surface area contributed by atoms with Crippen molar-refractivity contribution in [1.29, 1.82) is 0 Å². The fourth-order valence-corrected chi connectivity index (χ4v) is 2.56. The second kappa shape index (κ2) is 9.24. The van der Waals surface area contributed by atoms with Crippen molar-refractivity contribution in [3.63, 3.8) is 0 Å². The number of nitrogens with zero attached hydrogens (tertiary/aromatic N) is 3. The summed E-state index contributed by atoms with van der Waals surface area (Å²) in [6, 6.07) is 3.99. The number of ether oxygens (including phenoxy) is 3. The van der Waals surface area contributed by atoms with Gasteiger partial charge in [0.25, 0.3) is 5.69 Å². The Morgan fingerprint density at radius 1 is 1.19 bits per heavy atom. The van der Waals surface area contributed by atoms with Gasteiger partial charge < -0.3 is 14.2 Å². The van der Waals surface area contributed by atoms with Gasteiger partial charge >= 0.3 is 0 Å². The van der Waals surface area contributed by atoms with Crippen molar-refractivity contribution in [2.45, 2.75) is 20.0 Å². The van der Waals surface area contributed by atoms with Crippen molar-refractivity contribution in [3.8, 4) is 11.8 Å². The second-order valence-electron chi connectivity index (χ2n) is 5.38. The maximum atomic E-state index is 12.9. The van der Waals surface area contributed by atoms with Gasteiger partial charge in [-0.15, -0.1) is 0 Å². The molecule has 144 valence electrons. The molecule has 0 radical (unpaired) electrons. The van der Waals surface area contributed by atoms with Crippen molar-refractivity contribution >= 4 is 23.1 Å². The van der Waals surface area contributed by atoms with Gasteiger partial charge in [-0.05, 0) is 18.6 Å². The van der Waals surface area contributed by atoms with E-state index in [0.717, 1.165) is 6.42 Å². The Morgan fingerprint density at radius 2 is 1.81 bits per heavy atom. The molecule has 27 heavy (non-hydrogen) atoms. The summed E-state index contributed by atoms with van der Waals surface area (Å²) >= 11 is 6.07. The minimum absolute atomic E-state index is 0.0483. The average molecular weight is 396 g/mol. The Labute approximate surface area is 160 Å². The molecule has 0 aliphatic carbocycles. The highest BCUT2D eigenvalue weighted by molar-refractivity contribution is 6.31. The van der Waals surface area contributed by atoms with Crippen molar-refractivity contribution in [1.82, 2.24) is 9.97 Å². The summed E-state index contributed by atoms with van der Waals surface area (Å²) in [4.78, 5) is 31.8. The van der Waals surface area contributed by atoms with Gasteiger partial charge in [0, 0.05) is 11.6 Å². The number of nitro benzene ring substituents is 1. The van der Waals surface area contributed by atoms with Crippen LogP contribution in [0.5, 0.6) is 11.8 Å². The molecule has 0 fully saturated rings. The van der Waals surface area contributed by atoms with E-state index in [1.807, 2.05) is 6.92 Å². The first-order valence-corrected chi connectivity index (χ1v) is 8.35. The highest BCUT2D eigenvalue weighted by atomic mass is 35.5. The van der Waals surface area contributed by atoms with Crippen LogP contribution in [0.15, 0.2) is 18.2 Å². The molecule has 1 heterocycles. The highest BCUT2D eigenvalue weighted by Gasteiger charge is 2.28. The number of aromatic nitrogens is 2.